The lowest BCUT2D eigenvalue weighted by Crippen LogP contribution is -2.68. The molecule has 8 nitrogen and oxygen atoms in total. The maximum Gasteiger partial charge on any atom is 0.345 e. The van der Waals surface area contributed by atoms with Gasteiger partial charge in [-0.05, 0) is 69.4 Å². The van der Waals surface area contributed by atoms with Crippen LogP contribution in [-0.4, -0.2) is 45.9 Å². The van der Waals surface area contributed by atoms with Crippen molar-refractivity contribution in [3.63, 3.8) is 0 Å². The summed E-state index contributed by atoms with van der Waals surface area (Å²) in [6.07, 6.45) is 3.26. The van der Waals surface area contributed by atoms with Crippen molar-refractivity contribution in [1.82, 2.24) is 4.98 Å². The number of pyridine rings is 1. The Morgan fingerprint density at radius 3 is 2.55 bits per heavy atom. The first-order valence-corrected chi connectivity index (χ1v) is 13.8. The van der Waals surface area contributed by atoms with Crippen LogP contribution < -0.4 is 10.4 Å². The molecule has 0 aromatic carbocycles. The minimum Gasteiger partial charge on any atom is -0.484 e. The molecule has 0 bridgehead atoms. The summed E-state index contributed by atoms with van der Waals surface area (Å²) < 4.78 is 23.9. The Morgan fingerprint density at radius 2 is 1.92 bits per heavy atom. The van der Waals surface area contributed by atoms with E-state index < -0.39 is 40.6 Å². The van der Waals surface area contributed by atoms with Crippen molar-refractivity contribution in [3.05, 3.63) is 46.6 Å². The minimum absolute atomic E-state index is 0.0457. The third kappa shape index (κ3) is 4.59. The number of fused-ring (bicyclic) bond motifs is 4. The number of hydrogen-bond donors (Lipinski definition) is 2. The van der Waals surface area contributed by atoms with Gasteiger partial charge in [-0.15, -0.1) is 0 Å². The fourth-order valence-electron chi connectivity index (χ4n) is 7.24. The highest BCUT2D eigenvalue weighted by atomic mass is 16.7. The Bertz CT molecular complexity index is 1180. The molecule has 2 aliphatic carbocycles. The summed E-state index contributed by atoms with van der Waals surface area (Å²) in [5, 5.41) is 23.2. The molecule has 38 heavy (non-hydrogen) atoms. The zero-order chi connectivity index (χ0) is 28.0. The summed E-state index contributed by atoms with van der Waals surface area (Å²) >= 11 is 0. The van der Waals surface area contributed by atoms with E-state index in [2.05, 4.69) is 18.8 Å². The van der Waals surface area contributed by atoms with Gasteiger partial charge in [0.15, 0.2) is 5.79 Å². The number of aromatic nitrogens is 1. The van der Waals surface area contributed by atoms with Gasteiger partial charge in [0, 0.05) is 37.1 Å². The van der Waals surface area contributed by atoms with Crippen molar-refractivity contribution in [2.24, 2.45) is 23.2 Å². The van der Waals surface area contributed by atoms with Gasteiger partial charge in [-0.3, -0.25) is 4.98 Å². The molecule has 5 rings (SSSR count). The summed E-state index contributed by atoms with van der Waals surface area (Å²) in [6, 6.07) is 5.16. The highest BCUT2D eigenvalue weighted by Crippen LogP contribution is 2.64. The largest absolute Gasteiger partial charge is 0.484 e. The molecule has 2 aromatic rings. The number of nitrogens with zero attached hydrogens (tertiary/aromatic N) is 1. The summed E-state index contributed by atoms with van der Waals surface area (Å²) in [7, 11) is 1.63. The van der Waals surface area contributed by atoms with E-state index in [1.807, 2.05) is 34.6 Å². The normalized spacial score (nSPS) is 36.1. The van der Waals surface area contributed by atoms with Gasteiger partial charge < -0.3 is 28.8 Å². The van der Waals surface area contributed by atoms with Gasteiger partial charge in [0.25, 0.3) is 0 Å². The van der Waals surface area contributed by atoms with Gasteiger partial charge in [-0.2, -0.15) is 0 Å². The molecule has 1 aliphatic heterocycles. The highest BCUT2D eigenvalue weighted by Gasteiger charge is 2.66. The lowest BCUT2D eigenvalue weighted by atomic mass is 9.46. The van der Waals surface area contributed by atoms with Gasteiger partial charge in [0.1, 0.15) is 22.7 Å². The summed E-state index contributed by atoms with van der Waals surface area (Å²) in [6.45, 7) is 14.0. The topological polar surface area (TPSA) is 111 Å². The number of aliphatic hydroxyl groups is 2. The Balaban J connectivity index is 0.00000164. The van der Waals surface area contributed by atoms with E-state index in [4.69, 9.17) is 18.6 Å². The quantitative estimate of drug-likeness (QED) is 0.526. The van der Waals surface area contributed by atoms with E-state index in [1.165, 1.54) is 0 Å². The number of ether oxygens (including phenoxy) is 3. The molecular formula is C30H43NO7. The van der Waals surface area contributed by atoms with Crippen LogP contribution >= 0.6 is 0 Å². The van der Waals surface area contributed by atoms with Crippen LogP contribution in [0.5, 0.6) is 5.75 Å². The average Bonchev–Trinajstić information content (AvgIpc) is 2.89. The van der Waals surface area contributed by atoms with Crippen LogP contribution in [0.2, 0.25) is 0 Å². The SMILES string of the molecule is CC.COC(C)(C)OC1CCC2(C)C(CC(O)C3(C)Oc4cc(-c5cccnc5)oc(=O)c4C(O)C23)[C@H]1C. The fourth-order valence-corrected chi connectivity index (χ4v) is 7.24. The first kappa shape index (κ1) is 28.7. The molecule has 2 N–H and O–H groups in total. The summed E-state index contributed by atoms with van der Waals surface area (Å²) in [5.74, 6) is -0.496. The molecule has 8 atom stereocenters. The van der Waals surface area contributed by atoms with Gasteiger partial charge in [-0.25, -0.2) is 4.79 Å². The molecule has 7 unspecified atom stereocenters. The number of rotatable bonds is 4. The highest BCUT2D eigenvalue weighted by molar-refractivity contribution is 5.59. The van der Waals surface area contributed by atoms with Crippen molar-refractivity contribution in [1.29, 1.82) is 0 Å². The van der Waals surface area contributed by atoms with Crippen LogP contribution in [0.25, 0.3) is 11.3 Å². The van der Waals surface area contributed by atoms with Crippen molar-refractivity contribution in [3.8, 4) is 17.1 Å². The van der Waals surface area contributed by atoms with Gasteiger partial charge in [0.2, 0.25) is 0 Å². The summed E-state index contributed by atoms with van der Waals surface area (Å²) in [5.41, 5.74) is -1.35. The van der Waals surface area contributed by atoms with E-state index >= 15 is 0 Å². The fraction of sp³-hybridized carbons (Fsp3) is 0.667. The summed E-state index contributed by atoms with van der Waals surface area (Å²) in [4.78, 5) is 17.3. The van der Waals surface area contributed by atoms with Crippen LogP contribution in [-0.2, 0) is 9.47 Å². The predicted octanol–water partition coefficient (Wildman–Crippen LogP) is 5.11. The van der Waals surface area contributed by atoms with Crippen LogP contribution in [0.3, 0.4) is 0 Å². The standard InChI is InChI=1S/C28H37NO7.C2H6/c1-15-17-12-21(30)28(5)24(27(17,4)10-9-18(15)35-26(2,3)33-6)23(31)22-20(36-28)13-19(34-25(22)32)16-8-7-11-29-14-16;1-2/h7-8,11,13-15,17-18,21,23-24,30-31H,9-10,12H2,1-6H3;1-2H3/t15-,17?,18?,21?,23?,24?,27?,28?;/m1./s1. The Labute approximate surface area is 225 Å². The second kappa shape index (κ2) is 10.4. The zero-order valence-electron chi connectivity index (χ0n) is 23.9. The van der Waals surface area contributed by atoms with E-state index in [1.54, 1.807) is 37.7 Å². The predicted molar refractivity (Wildman–Crippen MR) is 144 cm³/mol. The molecule has 0 amide bonds. The smallest absolute Gasteiger partial charge is 0.345 e. The first-order chi connectivity index (χ1) is 17.9. The molecule has 0 saturated heterocycles. The number of hydrogen-bond acceptors (Lipinski definition) is 8. The minimum atomic E-state index is -1.14. The molecule has 2 aromatic heterocycles. The van der Waals surface area contributed by atoms with E-state index in [0.29, 0.717) is 17.7 Å². The van der Waals surface area contributed by atoms with Crippen molar-refractivity contribution in [2.45, 2.75) is 97.4 Å². The van der Waals surface area contributed by atoms with Crippen molar-refractivity contribution >= 4 is 0 Å². The Kier molecular flexibility index (Phi) is 7.85. The van der Waals surface area contributed by atoms with Crippen molar-refractivity contribution in [2.75, 3.05) is 7.11 Å². The molecule has 0 radical (unpaired) electrons. The van der Waals surface area contributed by atoms with Crippen LogP contribution in [0.15, 0.2) is 39.8 Å². The lowest BCUT2D eigenvalue weighted by Gasteiger charge is -2.64. The van der Waals surface area contributed by atoms with Gasteiger partial charge in [0.05, 0.1) is 18.3 Å². The third-order valence-corrected chi connectivity index (χ3v) is 9.27. The molecular weight excluding hydrogens is 486 g/mol. The van der Waals surface area contributed by atoms with Gasteiger partial charge in [-0.1, -0.05) is 27.7 Å². The Morgan fingerprint density at radius 1 is 1.21 bits per heavy atom. The zero-order valence-corrected chi connectivity index (χ0v) is 23.9. The molecule has 3 aliphatic rings. The second-order valence-electron chi connectivity index (χ2n) is 11.6. The average molecular weight is 530 g/mol. The maximum absolute atomic E-state index is 13.2. The van der Waals surface area contributed by atoms with Crippen LogP contribution in [0.1, 0.15) is 79.4 Å². The number of aliphatic hydroxyl groups excluding tert-OH is 2. The molecule has 0 spiro atoms. The van der Waals surface area contributed by atoms with E-state index in [9.17, 15) is 15.0 Å². The second-order valence-corrected chi connectivity index (χ2v) is 11.6. The third-order valence-electron chi connectivity index (χ3n) is 9.27. The first-order valence-electron chi connectivity index (χ1n) is 13.8. The van der Waals surface area contributed by atoms with Crippen LogP contribution in [0, 0.1) is 23.2 Å². The van der Waals surface area contributed by atoms with Crippen molar-refractivity contribution < 1.29 is 28.8 Å². The monoisotopic (exact) mass is 529 g/mol. The van der Waals surface area contributed by atoms with Gasteiger partial charge >= 0.3 is 5.63 Å². The molecule has 210 valence electrons. The molecule has 2 fully saturated rings. The molecule has 8 heteroatoms. The molecule has 2 saturated carbocycles. The lowest BCUT2D eigenvalue weighted by molar-refractivity contribution is -0.277. The maximum atomic E-state index is 13.2. The van der Waals surface area contributed by atoms with E-state index in [0.717, 1.165) is 12.8 Å². The van der Waals surface area contributed by atoms with E-state index in [-0.39, 0.29) is 29.3 Å². The van der Waals surface area contributed by atoms with Crippen LogP contribution in [0.4, 0.5) is 0 Å². The Hall–Kier alpha value is -2.26. The number of methoxy groups -OCH3 is 1. The molecule has 3 heterocycles.